The fraction of sp³-hybridized carbons (Fsp3) is 0.583. The lowest BCUT2D eigenvalue weighted by atomic mass is 10.1. The number of hydrogen-bond acceptors (Lipinski definition) is 4. The van der Waals surface area contributed by atoms with E-state index in [4.69, 9.17) is 9.47 Å². The Balaban J connectivity index is 1.91. The van der Waals surface area contributed by atoms with E-state index in [1.165, 1.54) is 12.3 Å². The van der Waals surface area contributed by atoms with Gasteiger partial charge in [0.05, 0.1) is 5.60 Å². The summed E-state index contributed by atoms with van der Waals surface area (Å²) in [4.78, 5) is 3.88. The summed E-state index contributed by atoms with van der Waals surface area (Å²) in [5.41, 5.74) is -0.224. The first-order chi connectivity index (χ1) is 8.46. The Labute approximate surface area is 114 Å². The van der Waals surface area contributed by atoms with Gasteiger partial charge >= 0.3 is 0 Å². The van der Waals surface area contributed by atoms with Crippen molar-refractivity contribution in [2.75, 3.05) is 19.7 Å². The number of nitrogens with one attached hydrogen (secondary N) is 1. The molecule has 1 atom stereocenters. The third-order valence-electron chi connectivity index (χ3n) is 2.59. The number of ether oxygens (including phenoxy) is 2. The van der Waals surface area contributed by atoms with Crippen molar-refractivity contribution in [3.8, 4) is 5.88 Å². The summed E-state index contributed by atoms with van der Waals surface area (Å²) >= 11 is 3.15. The maximum Gasteiger partial charge on any atom is 0.250 e. The number of morpholine rings is 1. The SMILES string of the molecule is CC1(C)CNCC(COc2ncc(Br)cc2F)O1. The molecule has 1 aromatic heterocycles. The first-order valence-corrected chi connectivity index (χ1v) is 6.58. The number of hydrogen-bond donors (Lipinski definition) is 1. The molecule has 0 aliphatic carbocycles. The zero-order valence-corrected chi connectivity index (χ0v) is 12.0. The highest BCUT2D eigenvalue weighted by Gasteiger charge is 2.28. The van der Waals surface area contributed by atoms with Crippen molar-refractivity contribution >= 4 is 15.9 Å². The molecule has 1 saturated heterocycles. The molecule has 0 radical (unpaired) electrons. The molecule has 1 fully saturated rings. The van der Waals surface area contributed by atoms with E-state index in [1.54, 1.807) is 0 Å². The smallest absolute Gasteiger partial charge is 0.250 e. The van der Waals surface area contributed by atoms with E-state index in [0.29, 0.717) is 11.0 Å². The van der Waals surface area contributed by atoms with Gasteiger partial charge in [-0.1, -0.05) is 0 Å². The molecule has 2 rings (SSSR count). The zero-order valence-electron chi connectivity index (χ0n) is 10.4. The molecule has 0 saturated carbocycles. The maximum absolute atomic E-state index is 13.5. The molecule has 0 amide bonds. The molecule has 2 heterocycles. The minimum atomic E-state index is -0.479. The molecule has 18 heavy (non-hydrogen) atoms. The second kappa shape index (κ2) is 5.50. The average molecular weight is 319 g/mol. The predicted molar refractivity (Wildman–Crippen MR) is 69.2 cm³/mol. The van der Waals surface area contributed by atoms with Crippen LogP contribution in [-0.4, -0.2) is 36.4 Å². The normalized spacial score (nSPS) is 22.8. The van der Waals surface area contributed by atoms with Gasteiger partial charge < -0.3 is 14.8 Å². The van der Waals surface area contributed by atoms with Crippen molar-refractivity contribution in [1.82, 2.24) is 10.3 Å². The Hall–Kier alpha value is -0.720. The molecular weight excluding hydrogens is 303 g/mol. The predicted octanol–water partition coefficient (Wildman–Crippen LogP) is 2.13. The Kier molecular flexibility index (Phi) is 4.19. The third-order valence-corrected chi connectivity index (χ3v) is 3.02. The molecule has 1 aliphatic heterocycles. The molecule has 6 heteroatoms. The molecule has 1 unspecified atom stereocenters. The molecule has 0 spiro atoms. The van der Waals surface area contributed by atoms with Crippen LogP contribution in [0, 0.1) is 5.82 Å². The highest BCUT2D eigenvalue weighted by atomic mass is 79.9. The molecule has 1 N–H and O–H groups in total. The quantitative estimate of drug-likeness (QED) is 0.927. The van der Waals surface area contributed by atoms with Crippen LogP contribution in [0.5, 0.6) is 5.88 Å². The fourth-order valence-corrected chi connectivity index (χ4v) is 2.15. The Morgan fingerprint density at radius 2 is 2.44 bits per heavy atom. The monoisotopic (exact) mass is 318 g/mol. The first kappa shape index (κ1) is 13.7. The van der Waals surface area contributed by atoms with Gasteiger partial charge in [-0.05, 0) is 35.8 Å². The number of halogens is 2. The van der Waals surface area contributed by atoms with E-state index >= 15 is 0 Å². The Bertz CT molecular complexity index is 429. The van der Waals surface area contributed by atoms with Crippen molar-refractivity contribution in [2.24, 2.45) is 0 Å². The highest BCUT2D eigenvalue weighted by Crippen LogP contribution is 2.20. The van der Waals surface area contributed by atoms with Gasteiger partial charge in [0, 0.05) is 23.8 Å². The second-order valence-corrected chi connectivity index (χ2v) is 5.80. The lowest BCUT2D eigenvalue weighted by Gasteiger charge is -2.36. The van der Waals surface area contributed by atoms with Crippen molar-refractivity contribution in [2.45, 2.75) is 25.6 Å². The maximum atomic E-state index is 13.5. The van der Waals surface area contributed by atoms with Crippen LogP contribution in [0.2, 0.25) is 0 Å². The third kappa shape index (κ3) is 3.63. The van der Waals surface area contributed by atoms with E-state index in [-0.39, 0.29) is 24.2 Å². The Morgan fingerprint density at radius 3 is 3.11 bits per heavy atom. The van der Waals surface area contributed by atoms with Gasteiger partial charge in [-0.3, -0.25) is 0 Å². The summed E-state index contributed by atoms with van der Waals surface area (Å²) in [6.07, 6.45) is 1.40. The summed E-state index contributed by atoms with van der Waals surface area (Å²) in [7, 11) is 0. The molecule has 100 valence electrons. The van der Waals surface area contributed by atoms with Gasteiger partial charge in [-0.25, -0.2) is 9.37 Å². The first-order valence-electron chi connectivity index (χ1n) is 5.79. The summed E-state index contributed by atoms with van der Waals surface area (Å²) in [6, 6.07) is 1.33. The molecule has 0 bridgehead atoms. The van der Waals surface area contributed by atoms with E-state index < -0.39 is 5.82 Å². The Morgan fingerprint density at radius 1 is 1.67 bits per heavy atom. The van der Waals surface area contributed by atoms with Crippen LogP contribution in [0.3, 0.4) is 0 Å². The summed E-state index contributed by atoms with van der Waals surface area (Å²) in [5, 5.41) is 3.26. The number of pyridine rings is 1. The summed E-state index contributed by atoms with van der Waals surface area (Å²) in [6.45, 7) is 5.78. The largest absolute Gasteiger partial charge is 0.473 e. The molecular formula is C12H16BrFN2O2. The van der Waals surface area contributed by atoms with Crippen molar-refractivity contribution < 1.29 is 13.9 Å². The van der Waals surface area contributed by atoms with E-state index in [2.05, 4.69) is 26.2 Å². The van der Waals surface area contributed by atoms with Crippen LogP contribution in [0.25, 0.3) is 0 Å². The van der Waals surface area contributed by atoms with Gasteiger partial charge in [-0.15, -0.1) is 0 Å². The van der Waals surface area contributed by atoms with Crippen molar-refractivity contribution in [3.63, 3.8) is 0 Å². The average Bonchev–Trinajstić information content (AvgIpc) is 2.26. The van der Waals surface area contributed by atoms with Crippen LogP contribution >= 0.6 is 15.9 Å². The summed E-state index contributed by atoms with van der Waals surface area (Å²) in [5.74, 6) is -0.474. The topological polar surface area (TPSA) is 43.4 Å². The van der Waals surface area contributed by atoms with Gasteiger partial charge in [0.25, 0.3) is 5.88 Å². The lowest BCUT2D eigenvalue weighted by Crippen LogP contribution is -2.52. The van der Waals surface area contributed by atoms with E-state index in [0.717, 1.165) is 6.54 Å². The number of rotatable bonds is 3. The van der Waals surface area contributed by atoms with E-state index in [9.17, 15) is 4.39 Å². The highest BCUT2D eigenvalue weighted by molar-refractivity contribution is 9.10. The molecule has 1 aliphatic rings. The van der Waals surface area contributed by atoms with Crippen LogP contribution < -0.4 is 10.1 Å². The van der Waals surface area contributed by atoms with Crippen molar-refractivity contribution in [1.29, 1.82) is 0 Å². The van der Waals surface area contributed by atoms with Gasteiger partial charge in [-0.2, -0.15) is 0 Å². The van der Waals surface area contributed by atoms with Gasteiger partial charge in [0.15, 0.2) is 5.82 Å². The van der Waals surface area contributed by atoms with Crippen molar-refractivity contribution in [3.05, 3.63) is 22.6 Å². The molecule has 0 aromatic carbocycles. The fourth-order valence-electron chi connectivity index (χ4n) is 1.84. The standard InChI is InChI=1S/C12H16BrFN2O2/c1-12(2)7-15-5-9(18-12)6-17-11-10(14)3-8(13)4-16-11/h3-4,9,15H,5-7H2,1-2H3. The second-order valence-electron chi connectivity index (χ2n) is 4.88. The van der Waals surface area contributed by atoms with Gasteiger partial charge in [0.1, 0.15) is 12.7 Å². The molecule has 4 nitrogen and oxygen atoms in total. The minimum Gasteiger partial charge on any atom is -0.473 e. The number of nitrogens with zero attached hydrogens (tertiary/aromatic N) is 1. The van der Waals surface area contributed by atoms with E-state index in [1.807, 2.05) is 13.8 Å². The molecule has 1 aromatic rings. The summed E-state index contributed by atoms with van der Waals surface area (Å²) < 4.78 is 25.2. The minimum absolute atomic E-state index is 0.00480. The lowest BCUT2D eigenvalue weighted by molar-refractivity contribution is -0.107. The van der Waals surface area contributed by atoms with Crippen LogP contribution in [0.4, 0.5) is 4.39 Å². The van der Waals surface area contributed by atoms with Crippen LogP contribution in [0.1, 0.15) is 13.8 Å². The van der Waals surface area contributed by atoms with Gasteiger partial charge in [0.2, 0.25) is 0 Å². The van der Waals surface area contributed by atoms with Crippen LogP contribution in [0.15, 0.2) is 16.7 Å². The zero-order chi connectivity index (χ0) is 13.2. The van der Waals surface area contributed by atoms with Crippen LogP contribution in [-0.2, 0) is 4.74 Å². The number of aromatic nitrogens is 1.